The molecule has 0 saturated heterocycles. The quantitative estimate of drug-likeness (QED) is 0.816. The average molecular weight is 395 g/mol. The van der Waals surface area contributed by atoms with Crippen LogP contribution in [0.4, 0.5) is 0 Å². The number of rotatable bonds is 6. The summed E-state index contributed by atoms with van der Waals surface area (Å²) in [6.45, 7) is 5.35. The summed E-state index contributed by atoms with van der Waals surface area (Å²) in [7, 11) is -3.82. The molecule has 7 heteroatoms. The van der Waals surface area contributed by atoms with Crippen LogP contribution in [0.3, 0.4) is 0 Å². The van der Waals surface area contributed by atoms with E-state index in [-0.39, 0.29) is 23.9 Å². The Bertz CT molecular complexity index is 845. The molecule has 0 bridgehead atoms. The summed E-state index contributed by atoms with van der Waals surface area (Å²) in [5.41, 5.74) is 0.303. The lowest BCUT2D eigenvalue weighted by atomic mass is 10.1. The van der Waals surface area contributed by atoms with Crippen LogP contribution in [0.1, 0.15) is 26.3 Å². The monoisotopic (exact) mass is 394 g/mol. The molecule has 140 valence electrons. The highest BCUT2D eigenvalue weighted by atomic mass is 35.5. The number of nitrogens with one attached hydrogen (secondary N) is 1. The lowest BCUT2D eigenvalue weighted by molar-refractivity contribution is -0.122. The molecule has 0 fully saturated rings. The molecule has 2 aromatic rings. The Labute approximate surface area is 160 Å². The van der Waals surface area contributed by atoms with E-state index >= 15 is 0 Å². The van der Waals surface area contributed by atoms with Crippen molar-refractivity contribution in [3.8, 4) is 0 Å². The molecule has 1 amide bonds. The SMILES string of the molecule is CC(C)(C)NC(=O)CN(Cc1ccc(Cl)cc1)S(=O)(=O)c1ccccc1. The van der Waals surface area contributed by atoms with Crippen LogP contribution in [-0.2, 0) is 21.4 Å². The molecule has 0 unspecified atom stereocenters. The third-order valence-corrected chi connectivity index (χ3v) is 5.55. The first-order chi connectivity index (χ1) is 12.1. The molecule has 0 aliphatic carbocycles. The fraction of sp³-hybridized carbons (Fsp3) is 0.316. The molecule has 2 aromatic carbocycles. The van der Waals surface area contributed by atoms with Crippen molar-refractivity contribution >= 4 is 27.5 Å². The molecule has 5 nitrogen and oxygen atoms in total. The van der Waals surface area contributed by atoms with Crippen LogP contribution >= 0.6 is 11.6 Å². The third-order valence-electron chi connectivity index (χ3n) is 3.49. The Morgan fingerprint density at radius 2 is 1.62 bits per heavy atom. The van der Waals surface area contributed by atoms with Gasteiger partial charge >= 0.3 is 0 Å². The highest BCUT2D eigenvalue weighted by Gasteiger charge is 2.28. The van der Waals surface area contributed by atoms with Crippen LogP contribution in [0, 0.1) is 0 Å². The second kappa shape index (κ2) is 8.20. The lowest BCUT2D eigenvalue weighted by Gasteiger charge is -2.25. The highest BCUT2D eigenvalue weighted by Crippen LogP contribution is 2.19. The van der Waals surface area contributed by atoms with Crippen molar-refractivity contribution in [2.45, 2.75) is 37.8 Å². The van der Waals surface area contributed by atoms with E-state index < -0.39 is 15.6 Å². The summed E-state index contributed by atoms with van der Waals surface area (Å²) in [5, 5.41) is 3.37. The summed E-state index contributed by atoms with van der Waals surface area (Å²) in [4.78, 5) is 12.5. The van der Waals surface area contributed by atoms with Gasteiger partial charge in [0.25, 0.3) is 0 Å². The molecule has 0 aromatic heterocycles. The van der Waals surface area contributed by atoms with Gasteiger partial charge < -0.3 is 5.32 Å². The number of benzene rings is 2. The van der Waals surface area contributed by atoms with Crippen LogP contribution < -0.4 is 5.32 Å². The average Bonchev–Trinajstić information content (AvgIpc) is 2.55. The van der Waals surface area contributed by atoms with E-state index in [1.807, 2.05) is 20.8 Å². The first-order valence-corrected chi connectivity index (χ1v) is 10.0. The van der Waals surface area contributed by atoms with Gasteiger partial charge in [-0.3, -0.25) is 4.79 Å². The number of hydrogen-bond acceptors (Lipinski definition) is 3. The van der Waals surface area contributed by atoms with Crippen molar-refractivity contribution in [3.05, 3.63) is 65.2 Å². The molecule has 26 heavy (non-hydrogen) atoms. The Kier molecular flexibility index (Phi) is 6.44. The normalized spacial score (nSPS) is 12.2. The number of carbonyl (C=O) groups is 1. The van der Waals surface area contributed by atoms with Crippen molar-refractivity contribution in [1.82, 2.24) is 9.62 Å². The van der Waals surface area contributed by atoms with Crippen molar-refractivity contribution in [2.24, 2.45) is 0 Å². The largest absolute Gasteiger partial charge is 0.350 e. The molecule has 1 N–H and O–H groups in total. The topological polar surface area (TPSA) is 66.5 Å². The van der Waals surface area contributed by atoms with Crippen LogP contribution in [0.15, 0.2) is 59.5 Å². The van der Waals surface area contributed by atoms with Crippen molar-refractivity contribution in [2.75, 3.05) is 6.54 Å². The van der Waals surface area contributed by atoms with Crippen LogP contribution in [0.5, 0.6) is 0 Å². The zero-order valence-corrected chi connectivity index (χ0v) is 16.6. The minimum Gasteiger partial charge on any atom is -0.350 e. The molecule has 0 spiro atoms. The maximum absolute atomic E-state index is 13.0. The Hall–Kier alpha value is -1.89. The van der Waals surface area contributed by atoms with Gasteiger partial charge in [0.15, 0.2) is 0 Å². The van der Waals surface area contributed by atoms with Crippen molar-refractivity contribution < 1.29 is 13.2 Å². The van der Waals surface area contributed by atoms with Crippen molar-refractivity contribution in [3.63, 3.8) is 0 Å². The van der Waals surface area contributed by atoms with E-state index in [0.29, 0.717) is 5.02 Å². The maximum Gasteiger partial charge on any atom is 0.243 e. The van der Waals surface area contributed by atoms with Gasteiger partial charge in [-0.25, -0.2) is 8.42 Å². The summed E-state index contributed by atoms with van der Waals surface area (Å²) < 4.78 is 27.2. The Balaban J connectivity index is 2.31. The second-order valence-electron chi connectivity index (χ2n) is 7.01. The van der Waals surface area contributed by atoms with E-state index in [1.54, 1.807) is 42.5 Å². The predicted molar refractivity (Wildman–Crippen MR) is 103 cm³/mol. The van der Waals surface area contributed by atoms with Crippen LogP contribution in [0.25, 0.3) is 0 Å². The minimum atomic E-state index is -3.82. The third kappa shape index (κ3) is 5.83. The molecular weight excluding hydrogens is 372 g/mol. The van der Waals surface area contributed by atoms with Gasteiger partial charge in [-0.1, -0.05) is 41.9 Å². The summed E-state index contributed by atoms with van der Waals surface area (Å²) in [6.07, 6.45) is 0. The summed E-state index contributed by atoms with van der Waals surface area (Å²) >= 11 is 5.90. The number of halogens is 1. The van der Waals surface area contributed by atoms with E-state index in [9.17, 15) is 13.2 Å². The number of amides is 1. The van der Waals surface area contributed by atoms with E-state index in [1.165, 1.54) is 16.4 Å². The van der Waals surface area contributed by atoms with Gasteiger partial charge in [0.05, 0.1) is 11.4 Å². The molecule has 0 radical (unpaired) electrons. The van der Waals surface area contributed by atoms with Crippen LogP contribution in [0.2, 0.25) is 5.02 Å². The fourth-order valence-corrected chi connectivity index (χ4v) is 3.91. The zero-order chi connectivity index (χ0) is 19.4. The van der Waals surface area contributed by atoms with E-state index in [0.717, 1.165) is 5.56 Å². The predicted octanol–water partition coefficient (Wildman–Crippen LogP) is 3.45. The molecule has 2 rings (SSSR count). The number of nitrogens with zero attached hydrogens (tertiary/aromatic N) is 1. The molecule has 0 aliphatic rings. The zero-order valence-electron chi connectivity index (χ0n) is 15.1. The smallest absolute Gasteiger partial charge is 0.243 e. The molecule has 0 atom stereocenters. The minimum absolute atomic E-state index is 0.0754. The number of hydrogen-bond donors (Lipinski definition) is 1. The Morgan fingerprint density at radius 1 is 1.04 bits per heavy atom. The maximum atomic E-state index is 13.0. The number of carbonyl (C=O) groups excluding carboxylic acids is 1. The highest BCUT2D eigenvalue weighted by molar-refractivity contribution is 7.89. The van der Waals surface area contributed by atoms with Gasteiger partial charge in [-0.2, -0.15) is 4.31 Å². The van der Waals surface area contributed by atoms with Crippen molar-refractivity contribution in [1.29, 1.82) is 0 Å². The second-order valence-corrected chi connectivity index (χ2v) is 9.39. The first-order valence-electron chi connectivity index (χ1n) is 8.18. The first kappa shape index (κ1) is 20.4. The van der Waals surface area contributed by atoms with E-state index in [4.69, 9.17) is 11.6 Å². The molecule has 0 saturated carbocycles. The van der Waals surface area contributed by atoms with E-state index in [2.05, 4.69) is 5.32 Å². The fourth-order valence-electron chi connectivity index (χ4n) is 2.38. The van der Waals surface area contributed by atoms with Gasteiger partial charge in [0, 0.05) is 17.1 Å². The molecule has 0 aliphatic heterocycles. The van der Waals surface area contributed by atoms with Gasteiger partial charge in [0.1, 0.15) is 0 Å². The number of sulfonamides is 1. The van der Waals surface area contributed by atoms with Gasteiger partial charge in [-0.15, -0.1) is 0 Å². The van der Waals surface area contributed by atoms with Gasteiger partial charge in [0.2, 0.25) is 15.9 Å². The standard InChI is InChI=1S/C19H23ClN2O3S/c1-19(2,3)21-18(23)14-22(13-15-9-11-16(20)12-10-15)26(24,25)17-7-5-4-6-8-17/h4-12H,13-14H2,1-3H3,(H,21,23). The summed E-state index contributed by atoms with van der Waals surface area (Å²) in [5.74, 6) is -0.356. The van der Waals surface area contributed by atoms with Crippen LogP contribution in [-0.4, -0.2) is 30.7 Å². The molecule has 0 heterocycles. The van der Waals surface area contributed by atoms with Gasteiger partial charge in [-0.05, 0) is 50.6 Å². The molecular formula is C19H23ClN2O3S. The Morgan fingerprint density at radius 3 is 2.15 bits per heavy atom. The summed E-state index contributed by atoms with van der Waals surface area (Å²) in [6, 6.07) is 15.0. The lowest BCUT2D eigenvalue weighted by Crippen LogP contribution is -2.47.